The van der Waals surface area contributed by atoms with Gasteiger partial charge in [0.25, 0.3) is 0 Å². The van der Waals surface area contributed by atoms with Crippen molar-refractivity contribution in [3.8, 4) is 0 Å². The maximum absolute atomic E-state index is 13.6. The molecule has 3 saturated carbocycles. The van der Waals surface area contributed by atoms with Crippen LogP contribution < -0.4 is 10.6 Å². The molecule has 5 rings (SSSR count). The highest BCUT2D eigenvalue weighted by molar-refractivity contribution is 5.82. The van der Waals surface area contributed by atoms with Crippen molar-refractivity contribution in [2.24, 2.45) is 23.7 Å². The topological polar surface area (TPSA) is 76.0 Å². The summed E-state index contributed by atoms with van der Waals surface area (Å²) in [5.74, 6) is 1.63. The van der Waals surface area contributed by atoms with Crippen molar-refractivity contribution in [1.29, 1.82) is 0 Å². The molecule has 1 heterocycles. The van der Waals surface area contributed by atoms with Crippen LogP contribution in [0.15, 0.2) is 42.9 Å². The van der Waals surface area contributed by atoms with Gasteiger partial charge in [-0.2, -0.15) is 0 Å². The summed E-state index contributed by atoms with van der Waals surface area (Å²) in [5, 5.41) is 6.65. The van der Waals surface area contributed by atoms with E-state index in [0.29, 0.717) is 24.9 Å². The van der Waals surface area contributed by atoms with Crippen molar-refractivity contribution in [3.05, 3.63) is 54.1 Å². The van der Waals surface area contributed by atoms with Crippen molar-refractivity contribution in [2.75, 3.05) is 6.54 Å². The monoisotopic (exact) mass is 560 g/mol. The molecule has 1 aromatic heterocycles. The van der Waals surface area contributed by atoms with Gasteiger partial charge in [-0.1, -0.05) is 94.5 Å². The highest BCUT2D eigenvalue weighted by Crippen LogP contribution is 2.37. The van der Waals surface area contributed by atoms with Crippen LogP contribution in [0.5, 0.6) is 0 Å². The Hall–Kier alpha value is -2.63. The molecule has 6 nitrogen and oxygen atoms in total. The second-order valence-corrected chi connectivity index (χ2v) is 13.3. The Labute approximate surface area is 247 Å². The Balaban J connectivity index is 1.16. The lowest BCUT2D eigenvalue weighted by Gasteiger charge is -2.26. The minimum atomic E-state index is -0.0785. The Morgan fingerprint density at radius 3 is 2.29 bits per heavy atom. The number of hydrogen-bond acceptors (Lipinski definition) is 3. The number of carbonyl (C=O) groups excluding carboxylic acids is 2. The van der Waals surface area contributed by atoms with Crippen molar-refractivity contribution < 1.29 is 9.59 Å². The fourth-order valence-corrected chi connectivity index (χ4v) is 7.68. The van der Waals surface area contributed by atoms with Crippen molar-refractivity contribution >= 4 is 11.8 Å². The molecule has 1 aromatic carbocycles. The third-order valence-electron chi connectivity index (χ3n) is 10.2. The van der Waals surface area contributed by atoms with Gasteiger partial charge in [0.1, 0.15) is 0 Å². The SMILES string of the molecule is O=C(NCCc1cncn1Cc1ccccc1)C1CC(C(=O)NC2CCCCC2)CC[C@@H](CCC2CCCCC2)C1. The number of aromatic nitrogens is 2. The van der Waals surface area contributed by atoms with E-state index in [1.54, 1.807) is 0 Å². The molecule has 3 fully saturated rings. The third-order valence-corrected chi connectivity index (χ3v) is 10.2. The third kappa shape index (κ3) is 9.18. The van der Waals surface area contributed by atoms with E-state index in [4.69, 9.17) is 0 Å². The average Bonchev–Trinajstić information content (AvgIpc) is 3.32. The van der Waals surface area contributed by atoms with E-state index < -0.39 is 0 Å². The van der Waals surface area contributed by atoms with Crippen LogP contribution in [0, 0.1) is 23.7 Å². The standard InChI is InChI=1S/C35H52N4O2/c40-34(37-21-20-33-24-36-26-39(33)25-29-12-6-2-7-13-29)31-22-28(17-16-27-10-4-1-5-11-27)18-19-30(23-31)35(41)38-32-14-8-3-9-15-32/h2,6-7,12-13,24,26-28,30-32H,1,3-5,8-11,14-23,25H2,(H,37,40)(H,38,41)/t28-,30?,31?/m1/s1. The summed E-state index contributed by atoms with van der Waals surface area (Å²) in [6.07, 6.45) is 23.5. The molecular formula is C35H52N4O2. The summed E-state index contributed by atoms with van der Waals surface area (Å²) in [4.78, 5) is 31.4. The number of imidazole rings is 1. The van der Waals surface area contributed by atoms with E-state index >= 15 is 0 Å². The second-order valence-electron chi connectivity index (χ2n) is 13.3. The fraction of sp³-hybridized carbons (Fsp3) is 0.686. The largest absolute Gasteiger partial charge is 0.355 e. The predicted octanol–water partition coefficient (Wildman–Crippen LogP) is 6.82. The van der Waals surface area contributed by atoms with Gasteiger partial charge in [-0.15, -0.1) is 0 Å². The van der Waals surface area contributed by atoms with Crippen molar-refractivity contribution in [2.45, 2.75) is 122 Å². The Morgan fingerprint density at radius 2 is 1.51 bits per heavy atom. The molecule has 3 aliphatic carbocycles. The smallest absolute Gasteiger partial charge is 0.223 e. The minimum Gasteiger partial charge on any atom is -0.355 e. The molecule has 2 unspecified atom stereocenters. The molecule has 2 N–H and O–H groups in total. The van der Waals surface area contributed by atoms with Crippen LogP contribution in [-0.2, 0) is 22.6 Å². The zero-order valence-corrected chi connectivity index (χ0v) is 25.1. The first-order valence-electron chi connectivity index (χ1n) is 16.7. The average molecular weight is 561 g/mol. The molecule has 0 radical (unpaired) electrons. The van der Waals surface area contributed by atoms with Gasteiger partial charge in [-0.3, -0.25) is 9.59 Å². The normalized spacial score (nSPS) is 24.4. The quantitative estimate of drug-likeness (QED) is 0.296. The molecule has 3 atom stereocenters. The molecule has 224 valence electrons. The lowest BCUT2D eigenvalue weighted by molar-refractivity contribution is -0.128. The Morgan fingerprint density at radius 1 is 0.780 bits per heavy atom. The summed E-state index contributed by atoms with van der Waals surface area (Å²) in [5.41, 5.74) is 2.37. The molecule has 0 saturated heterocycles. The Kier molecular flexibility index (Phi) is 11.3. The Bertz CT molecular complexity index is 1070. The van der Waals surface area contributed by atoms with Gasteiger partial charge in [0.15, 0.2) is 0 Å². The molecule has 0 bridgehead atoms. The number of benzene rings is 1. The highest BCUT2D eigenvalue weighted by Gasteiger charge is 2.34. The summed E-state index contributed by atoms with van der Waals surface area (Å²) >= 11 is 0. The summed E-state index contributed by atoms with van der Waals surface area (Å²) in [6, 6.07) is 10.7. The lowest BCUT2D eigenvalue weighted by Crippen LogP contribution is -2.41. The van der Waals surface area contributed by atoms with Crippen molar-refractivity contribution in [1.82, 2.24) is 20.2 Å². The fourth-order valence-electron chi connectivity index (χ4n) is 7.68. The highest BCUT2D eigenvalue weighted by atomic mass is 16.2. The first kappa shape index (κ1) is 29.8. The molecule has 6 heteroatoms. The zero-order chi connectivity index (χ0) is 28.3. The number of amides is 2. The van der Waals surface area contributed by atoms with Gasteiger partial charge in [-0.25, -0.2) is 4.98 Å². The number of rotatable bonds is 11. The zero-order valence-electron chi connectivity index (χ0n) is 25.1. The van der Waals surface area contributed by atoms with Crippen LogP contribution in [0.2, 0.25) is 0 Å². The van der Waals surface area contributed by atoms with Crippen LogP contribution in [0.25, 0.3) is 0 Å². The number of carbonyl (C=O) groups is 2. The maximum Gasteiger partial charge on any atom is 0.223 e. The number of nitrogens with one attached hydrogen (secondary N) is 2. The van der Waals surface area contributed by atoms with Gasteiger partial charge >= 0.3 is 0 Å². The van der Waals surface area contributed by atoms with Gasteiger partial charge in [0, 0.05) is 49.3 Å². The van der Waals surface area contributed by atoms with Crippen LogP contribution in [0.4, 0.5) is 0 Å². The first-order valence-corrected chi connectivity index (χ1v) is 16.7. The van der Waals surface area contributed by atoms with Crippen LogP contribution in [0.1, 0.15) is 114 Å². The summed E-state index contributed by atoms with van der Waals surface area (Å²) in [6.45, 7) is 1.38. The molecular weight excluding hydrogens is 508 g/mol. The van der Waals surface area contributed by atoms with Crippen LogP contribution in [0.3, 0.4) is 0 Å². The van der Waals surface area contributed by atoms with Crippen molar-refractivity contribution in [3.63, 3.8) is 0 Å². The van der Waals surface area contributed by atoms with Gasteiger partial charge < -0.3 is 15.2 Å². The van der Waals surface area contributed by atoms with E-state index in [9.17, 15) is 9.59 Å². The van der Waals surface area contributed by atoms with Crippen LogP contribution >= 0.6 is 0 Å². The summed E-state index contributed by atoms with van der Waals surface area (Å²) in [7, 11) is 0. The van der Waals surface area contributed by atoms with E-state index in [1.807, 2.05) is 18.6 Å². The van der Waals surface area contributed by atoms with E-state index in [1.165, 1.54) is 69.8 Å². The minimum absolute atomic E-state index is 0.0420. The molecule has 2 aromatic rings. The predicted molar refractivity (Wildman–Crippen MR) is 164 cm³/mol. The van der Waals surface area contributed by atoms with E-state index in [-0.39, 0.29) is 23.7 Å². The summed E-state index contributed by atoms with van der Waals surface area (Å²) < 4.78 is 2.17. The van der Waals surface area contributed by atoms with Crippen LogP contribution in [-0.4, -0.2) is 34.0 Å². The van der Waals surface area contributed by atoms with Gasteiger partial charge in [0.2, 0.25) is 11.8 Å². The number of hydrogen-bond donors (Lipinski definition) is 2. The van der Waals surface area contributed by atoms with Gasteiger partial charge in [0.05, 0.1) is 6.33 Å². The maximum atomic E-state index is 13.6. The second kappa shape index (κ2) is 15.6. The van der Waals surface area contributed by atoms with Gasteiger partial charge in [-0.05, 0) is 55.9 Å². The number of nitrogens with zero attached hydrogens (tertiary/aromatic N) is 2. The van der Waals surface area contributed by atoms with E-state index in [0.717, 1.165) is 56.7 Å². The molecule has 0 aliphatic heterocycles. The van der Waals surface area contributed by atoms with E-state index in [2.05, 4.69) is 44.5 Å². The first-order chi connectivity index (χ1) is 20.1. The molecule has 0 spiro atoms. The molecule has 3 aliphatic rings. The molecule has 2 amide bonds. The molecule has 41 heavy (non-hydrogen) atoms. The lowest BCUT2D eigenvalue weighted by atomic mass is 9.81.